The van der Waals surface area contributed by atoms with E-state index >= 15 is 0 Å². The minimum atomic E-state index is 0.305. The van der Waals surface area contributed by atoms with Gasteiger partial charge in [-0.1, -0.05) is 52.8 Å². The minimum absolute atomic E-state index is 0.305. The summed E-state index contributed by atoms with van der Waals surface area (Å²) in [6, 6.07) is 8.06. The van der Waals surface area contributed by atoms with Crippen molar-refractivity contribution >= 4 is 0 Å². The Bertz CT molecular complexity index is 457. The van der Waals surface area contributed by atoms with Gasteiger partial charge in [-0.15, -0.1) is 0 Å². The molecule has 1 heteroatoms. The van der Waals surface area contributed by atoms with Gasteiger partial charge in [0.05, 0.1) is 0 Å². The third-order valence-corrected chi connectivity index (χ3v) is 5.69. The molecule has 1 nitrogen and oxygen atoms in total. The standard InChI is InChI=1S/C20H33N/c1-6-20(4,5)18-12-9-16-10-13-19(21(7-2)8-3)14-11-17(16)15-18/h9,12,15,19H,6-8,10-11,13-14H2,1-5H3. The van der Waals surface area contributed by atoms with Crippen molar-refractivity contribution in [3.8, 4) is 0 Å². The third-order valence-electron chi connectivity index (χ3n) is 5.69. The summed E-state index contributed by atoms with van der Waals surface area (Å²) in [5.74, 6) is 0. The summed E-state index contributed by atoms with van der Waals surface area (Å²) in [5, 5.41) is 0. The van der Waals surface area contributed by atoms with Gasteiger partial charge >= 0.3 is 0 Å². The number of rotatable bonds is 5. The molecule has 0 aliphatic heterocycles. The van der Waals surface area contributed by atoms with Gasteiger partial charge in [-0.05, 0) is 67.3 Å². The lowest BCUT2D eigenvalue weighted by Crippen LogP contribution is -2.35. The Kier molecular flexibility index (Phi) is 5.48. The third kappa shape index (κ3) is 3.69. The van der Waals surface area contributed by atoms with Crippen molar-refractivity contribution in [1.29, 1.82) is 0 Å². The maximum Gasteiger partial charge on any atom is 0.0101 e. The zero-order valence-corrected chi connectivity index (χ0v) is 14.7. The van der Waals surface area contributed by atoms with Gasteiger partial charge in [0.25, 0.3) is 0 Å². The number of benzene rings is 1. The molecule has 0 fully saturated rings. The summed E-state index contributed by atoms with van der Waals surface area (Å²) in [7, 11) is 0. The van der Waals surface area contributed by atoms with Gasteiger partial charge in [0.2, 0.25) is 0 Å². The monoisotopic (exact) mass is 287 g/mol. The molecule has 0 saturated heterocycles. The van der Waals surface area contributed by atoms with Crippen LogP contribution in [-0.4, -0.2) is 24.0 Å². The summed E-state index contributed by atoms with van der Waals surface area (Å²) >= 11 is 0. The van der Waals surface area contributed by atoms with Gasteiger partial charge in [-0.2, -0.15) is 0 Å². The predicted molar refractivity (Wildman–Crippen MR) is 93.1 cm³/mol. The molecule has 1 atom stereocenters. The van der Waals surface area contributed by atoms with Crippen LogP contribution in [-0.2, 0) is 18.3 Å². The van der Waals surface area contributed by atoms with Crippen LogP contribution in [0.2, 0.25) is 0 Å². The lowest BCUT2D eigenvalue weighted by Gasteiger charge is -2.28. The van der Waals surface area contributed by atoms with E-state index in [1.807, 2.05) is 0 Å². The molecule has 21 heavy (non-hydrogen) atoms. The van der Waals surface area contributed by atoms with Crippen LogP contribution < -0.4 is 0 Å². The van der Waals surface area contributed by atoms with E-state index in [9.17, 15) is 0 Å². The van der Waals surface area contributed by atoms with Crippen LogP contribution in [0.4, 0.5) is 0 Å². The number of nitrogens with zero attached hydrogens (tertiary/aromatic N) is 1. The molecule has 0 amide bonds. The molecule has 1 aromatic carbocycles. The molecule has 1 aliphatic carbocycles. The van der Waals surface area contributed by atoms with E-state index < -0.39 is 0 Å². The molecular weight excluding hydrogens is 254 g/mol. The molecule has 118 valence electrons. The normalized spacial score (nSPS) is 19.4. The van der Waals surface area contributed by atoms with E-state index in [1.54, 1.807) is 11.1 Å². The first kappa shape index (κ1) is 16.5. The van der Waals surface area contributed by atoms with Gasteiger partial charge in [-0.25, -0.2) is 0 Å². The highest BCUT2D eigenvalue weighted by Crippen LogP contribution is 2.31. The Morgan fingerprint density at radius 2 is 1.62 bits per heavy atom. The average molecular weight is 287 g/mol. The Labute approximate surface area is 131 Å². The van der Waals surface area contributed by atoms with E-state index in [-0.39, 0.29) is 0 Å². The molecule has 0 aromatic heterocycles. The van der Waals surface area contributed by atoms with E-state index in [2.05, 4.69) is 57.7 Å². The Morgan fingerprint density at radius 3 is 2.19 bits per heavy atom. The summed E-state index contributed by atoms with van der Waals surface area (Å²) in [6.07, 6.45) is 6.36. The summed E-state index contributed by atoms with van der Waals surface area (Å²) < 4.78 is 0. The second kappa shape index (κ2) is 6.96. The van der Waals surface area contributed by atoms with Crippen molar-refractivity contribution in [1.82, 2.24) is 4.90 Å². The van der Waals surface area contributed by atoms with Crippen LogP contribution in [0.5, 0.6) is 0 Å². The molecule has 0 heterocycles. The fourth-order valence-electron chi connectivity index (χ4n) is 3.62. The molecule has 0 N–H and O–H groups in total. The van der Waals surface area contributed by atoms with Crippen LogP contribution in [0, 0.1) is 0 Å². The summed E-state index contributed by atoms with van der Waals surface area (Å²) in [6.45, 7) is 14.0. The van der Waals surface area contributed by atoms with Crippen LogP contribution >= 0.6 is 0 Å². The van der Waals surface area contributed by atoms with Gasteiger partial charge in [0.1, 0.15) is 0 Å². The number of hydrogen-bond donors (Lipinski definition) is 0. The van der Waals surface area contributed by atoms with E-state index in [4.69, 9.17) is 0 Å². The maximum absolute atomic E-state index is 2.64. The zero-order chi connectivity index (χ0) is 15.5. The first-order valence-corrected chi connectivity index (χ1v) is 8.88. The van der Waals surface area contributed by atoms with Crippen molar-refractivity contribution in [2.24, 2.45) is 0 Å². The van der Waals surface area contributed by atoms with Crippen LogP contribution in [0.25, 0.3) is 0 Å². The second-order valence-electron chi connectivity index (χ2n) is 7.17. The lowest BCUT2D eigenvalue weighted by atomic mass is 9.80. The first-order chi connectivity index (χ1) is 10.0. The maximum atomic E-state index is 2.64. The van der Waals surface area contributed by atoms with Crippen molar-refractivity contribution in [3.63, 3.8) is 0 Å². The molecule has 0 radical (unpaired) electrons. The highest BCUT2D eigenvalue weighted by molar-refractivity contribution is 5.36. The number of aryl methyl sites for hydroxylation is 2. The molecule has 0 spiro atoms. The fraction of sp³-hybridized carbons (Fsp3) is 0.700. The molecule has 1 aromatic rings. The van der Waals surface area contributed by atoms with Crippen molar-refractivity contribution in [2.45, 2.75) is 78.2 Å². The predicted octanol–water partition coefficient (Wildman–Crippen LogP) is 4.96. The van der Waals surface area contributed by atoms with E-state index in [0.29, 0.717) is 5.41 Å². The van der Waals surface area contributed by atoms with Crippen LogP contribution in [0.3, 0.4) is 0 Å². The smallest absolute Gasteiger partial charge is 0.0101 e. The largest absolute Gasteiger partial charge is 0.301 e. The topological polar surface area (TPSA) is 3.24 Å². The SMILES string of the molecule is CCN(CC)C1CCc2ccc(C(C)(C)CC)cc2CC1. The highest BCUT2D eigenvalue weighted by atomic mass is 15.1. The lowest BCUT2D eigenvalue weighted by molar-refractivity contribution is 0.199. The zero-order valence-electron chi connectivity index (χ0n) is 14.7. The van der Waals surface area contributed by atoms with Crippen molar-refractivity contribution < 1.29 is 0 Å². The Morgan fingerprint density at radius 1 is 1.00 bits per heavy atom. The molecule has 0 saturated carbocycles. The molecule has 1 unspecified atom stereocenters. The van der Waals surface area contributed by atoms with Crippen molar-refractivity contribution in [3.05, 3.63) is 34.9 Å². The number of hydrogen-bond acceptors (Lipinski definition) is 1. The summed E-state index contributed by atoms with van der Waals surface area (Å²) in [4.78, 5) is 2.64. The molecule has 1 aliphatic rings. The van der Waals surface area contributed by atoms with Gasteiger partial charge in [-0.3, -0.25) is 0 Å². The van der Waals surface area contributed by atoms with Gasteiger partial charge < -0.3 is 4.90 Å². The molecular formula is C20H33N. The number of fused-ring (bicyclic) bond motifs is 1. The van der Waals surface area contributed by atoms with E-state index in [1.165, 1.54) is 50.8 Å². The van der Waals surface area contributed by atoms with Gasteiger partial charge in [0, 0.05) is 6.04 Å². The highest BCUT2D eigenvalue weighted by Gasteiger charge is 2.23. The van der Waals surface area contributed by atoms with Crippen molar-refractivity contribution in [2.75, 3.05) is 13.1 Å². The van der Waals surface area contributed by atoms with E-state index in [0.717, 1.165) is 6.04 Å². The second-order valence-corrected chi connectivity index (χ2v) is 7.17. The van der Waals surface area contributed by atoms with Gasteiger partial charge in [0.15, 0.2) is 0 Å². The fourth-order valence-corrected chi connectivity index (χ4v) is 3.62. The van der Waals surface area contributed by atoms with Crippen LogP contribution in [0.15, 0.2) is 18.2 Å². The minimum Gasteiger partial charge on any atom is -0.301 e. The molecule has 0 bridgehead atoms. The quantitative estimate of drug-likeness (QED) is 0.692. The molecule has 2 rings (SSSR count). The average Bonchev–Trinajstić information content (AvgIpc) is 2.71. The first-order valence-electron chi connectivity index (χ1n) is 8.88. The van der Waals surface area contributed by atoms with Crippen LogP contribution in [0.1, 0.15) is 70.6 Å². The Hall–Kier alpha value is -0.820. The summed E-state index contributed by atoms with van der Waals surface area (Å²) in [5.41, 5.74) is 5.04. The Balaban J connectivity index is 2.18.